The van der Waals surface area contributed by atoms with Gasteiger partial charge in [0.1, 0.15) is 16.6 Å². The molecule has 2 heterocycles. The van der Waals surface area contributed by atoms with Crippen molar-refractivity contribution >= 4 is 34.9 Å². The van der Waals surface area contributed by atoms with Gasteiger partial charge >= 0.3 is 0 Å². The molecule has 0 spiro atoms. The number of ether oxygens (including phenoxy) is 1. The maximum Gasteiger partial charge on any atom is 0.277 e. The summed E-state index contributed by atoms with van der Waals surface area (Å²) < 4.78 is 21.7. The number of benzene rings is 2. The zero-order chi connectivity index (χ0) is 21.8. The van der Waals surface area contributed by atoms with Gasteiger partial charge in [-0.15, -0.1) is 0 Å². The van der Waals surface area contributed by atoms with Crippen molar-refractivity contribution < 1.29 is 13.9 Å². The lowest BCUT2D eigenvalue weighted by molar-refractivity contribution is 0.101. The molecule has 2 aromatic carbocycles. The molecule has 0 atom stereocenters. The third-order valence-electron chi connectivity index (χ3n) is 4.24. The highest BCUT2D eigenvalue weighted by Gasteiger charge is 2.15. The lowest BCUT2D eigenvalue weighted by atomic mass is 10.2. The van der Waals surface area contributed by atoms with Crippen LogP contribution in [0.2, 0.25) is 10.0 Å². The van der Waals surface area contributed by atoms with Crippen LogP contribution in [0.5, 0.6) is 5.75 Å². The van der Waals surface area contributed by atoms with Crippen molar-refractivity contribution in [3.63, 3.8) is 0 Å². The molecule has 10 heteroatoms. The normalized spacial score (nSPS) is 10.8. The lowest BCUT2D eigenvalue weighted by Crippen LogP contribution is -2.15. The first kappa shape index (κ1) is 20.9. The number of halogens is 3. The molecule has 158 valence electrons. The number of hydrogen-bond acceptors (Lipinski definition) is 4. The van der Waals surface area contributed by atoms with Gasteiger partial charge in [0.05, 0.1) is 6.54 Å². The molecule has 0 bridgehead atoms. The molecule has 4 rings (SSSR count). The molecule has 0 saturated heterocycles. The van der Waals surface area contributed by atoms with Gasteiger partial charge in [0.2, 0.25) is 0 Å². The molecule has 1 N–H and O–H groups in total. The Morgan fingerprint density at radius 3 is 2.65 bits per heavy atom. The van der Waals surface area contributed by atoms with E-state index in [0.717, 1.165) is 5.56 Å². The van der Waals surface area contributed by atoms with E-state index in [1.54, 1.807) is 59.5 Å². The van der Waals surface area contributed by atoms with E-state index in [4.69, 9.17) is 27.9 Å². The molecular formula is C21H16Cl2FN5O2. The number of nitrogens with zero attached hydrogens (tertiary/aromatic N) is 4. The Morgan fingerprint density at radius 1 is 1.06 bits per heavy atom. The van der Waals surface area contributed by atoms with Gasteiger partial charge in [-0.1, -0.05) is 41.4 Å². The maximum atomic E-state index is 13.0. The van der Waals surface area contributed by atoms with Crippen molar-refractivity contribution in [2.24, 2.45) is 0 Å². The molecule has 0 aliphatic carbocycles. The molecule has 2 aromatic heterocycles. The van der Waals surface area contributed by atoms with Crippen LogP contribution in [0, 0.1) is 5.82 Å². The number of amides is 1. The fourth-order valence-corrected chi connectivity index (χ4v) is 3.14. The predicted molar refractivity (Wildman–Crippen MR) is 115 cm³/mol. The second-order valence-corrected chi connectivity index (χ2v) is 7.42. The minimum Gasteiger partial charge on any atom is -0.471 e. The minimum absolute atomic E-state index is 0.112. The van der Waals surface area contributed by atoms with Crippen LogP contribution < -0.4 is 10.1 Å². The summed E-state index contributed by atoms with van der Waals surface area (Å²) in [6.45, 7) is 0.492. The van der Waals surface area contributed by atoms with Gasteiger partial charge in [-0.05, 0) is 42.0 Å². The number of aromatic nitrogens is 4. The predicted octanol–water partition coefficient (Wildman–Crippen LogP) is 4.86. The topological polar surface area (TPSA) is 74.0 Å². The van der Waals surface area contributed by atoms with Gasteiger partial charge in [0, 0.05) is 17.4 Å². The molecule has 31 heavy (non-hydrogen) atoms. The Labute approximate surface area is 187 Å². The minimum atomic E-state index is -0.463. The van der Waals surface area contributed by atoms with E-state index in [0.29, 0.717) is 17.3 Å². The van der Waals surface area contributed by atoms with Crippen molar-refractivity contribution in [3.05, 3.63) is 94.1 Å². The summed E-state index contributed by atoms with van der Waals surface area (Å²) in [4.78, 5) is 12.5. The number of carbonyl (C=O) groups excluding carboxylic acids is 1. The SMILES string of the molecule is O=C(Nc1nn(Cc2ccc(F)cc2)cc1Cl)c1ccn(COc2cccc(Cl)c2)n1. The van der Waals surface area contributed by atoms with Gasteiger partial charge in [-0.3, -0.25) is 9.48 Å². The van der Waals surface area contributed by atoms with E-state index < -0.39 is 5.91 Å². The van der Waals surface area contributed by atoms with Crippen molar-refractivity contribution in [2.75, 3.05) is 5.32 Å². The number of hydrogen-bond donors (Lipinski definition) is 1. The monoisotopic (exact) mass is 459 g/mol. The van der Waals surface area contributed by atoms with Gasteiger partial charge in [0.25, 0.3) is 5.91 Å². The molecule has 0 fully saturated rings. The molecule has 4 aromatic rings. The number of anilines is 1. The van der Waals surface area contributed by atoms with E-state index in [9.17, 15) is 9.18 Å². The van der Waals surface area contributed by atoms with E-state index in [1.807, 2.05) is 0 Å². The van der Waals surface area contributed by atoms with Crippen LogP contribution in [0.3, 0.4) is 0 Å². The summed E-state index contributed by atoms with van der Waals surface area (Å²) in [5, 5.41) is 11.9. The summed E-state index contributed by atoms with van der Waals surface area (Å²) in [6, 6.07) is 14.6. The van der Waals surface area contributed by atoms with Crippen LogP contribution in [-0.4, -0.2) is 25.5 Å². The van der Waals surface area contributed by atoms with Crippen molar-refractivity contribution in [2.45, 2.75) is 13.3 Å². The van der Waals surface area contributed by atoms with Crippen LogP contribution in [0.25, 0.3) is 0 Å². The Bertz CT molecular complexity index is 1210. The third-order valence-corrected chi connectivity index (χ3v) is 4.75. The van der Waals surface area contributed by atoms with Gasteiger partial charge in [-0.25, -0.2) is 9.07 Å². The molecule has 0 aliphatic rings. The quantitative estimate of drug-likeness (QED) is 0.428. The average Bonchev–Trinajstić information content (AvgIpc) is 3.35. The summed E-state index contributed by atoms with van der Waals surface area (Å²) in [6.07, 6.45) is 3.20. The van der Waals surface area contributed by atoms with Crippen molar-refractivity contribution in [1.82, 2.24) is 19.6 Å². The number of rotatable bonds is 7. The highest BCUT2D eigenvalue weighted by Crippen LogP contribution is 2.21. The lowest BCUT2D eigenvalue weighted by Gasteiger charge is -2.06. The molecule has 0 radical (unpaired) electrons. The summed E-state index contributed by atoms with van der Waals surface area (Å²) >= 11 is 12.1. The largest absolute Gasteiger partial charge is 0.471 e. The summed E-state index contributed by atoms with van der Waals surface area (Å²) in [5.41, 5.74) is 1.02. The van der Waals surface area contributed by atoms with Gasteiger partial charge in [0.15, 0.2) is 18.2 Å². The van der Waals surface area contributed by atoms with Crippen LogP contribution in [0.1, 0.15) is 16.1 Å². The van der Waals surface area contributed by atoms with Crippen molar-refractivity contribution in [1.29, 1.82) is 0 Å². The second-order valence-electron chi connectivity index (χ2n) is 6.58. The molecule has 1 amide bonds. The fourth-order valence-electron chi connectivity index (χ4n) is 2.76. The van der Waals surface area contributed by atoms with E-state index in [1.165, 1.54) is 16.8 Å². The fraction of sp³-hybridized carbons (Fsp3) is 0.0952. The highest BCUT2D eigenvalue weighted by atomic mass is 35.5. The molecular weight excluding hydrogens is 444 g/mol. The molecule has 0 unspecified atom stereocenters. The second kappa shape index (κ2) is 9.20. The third kappa shape index (κ3) is 5.42. The standard InChI is InChI=1S/C21H16Cl2FN5O2/c22-15-2-1-3-17(10-15)31-13-28-9-8-19(26-28)21(30)25-20-18(23)12-29(27-20)11-14-4-6-16(24)7-5-14/h1-10,12H,11,13H2,(H,25,27,30). The number of carbonyl (C=O) groups is 1. The highest BCUT2D eigenvalue weighted by molar-refractivity contribution is 6.33. The smallest absolute Gasteiger partial charge is 0.277 e. The van der Waals surface area contributed by atoms with E-state index >= 15 is 0 Å². The Kier molecular flexibility index (Phi) is 6.20. The summed E-state index contributed by atoms with van der Waals surface area (Å²) in [7, 11) is 0. The Morgan fingerprint density at radius 2 is 1.87 bits per heavy atom. The molecule has 7 nitrogen and oxygen atoms in total. The first-order chi connectivity index (χ1) is 15.0. The van der Waals surface area contributed by atoms with Crippen molar-refractivity contribution in [3.8, 4) is 5.75 Å². The van der Waals surface area contributed by atoms with Crippen LogP contribution >= 0.6 is 23.2 Å². The van der Waals surface area contributed by atoms with Crippen LogP contribution in [0.15, 0.2) is 67.0 Å². The Hall–Kier alpha value is -3.36. The van der Waals surface area contributed by atoms with E-state index in [2.05, 4.69) is 15.5 Å². The summed E-state index contributed by atoms with van der Waals surface area (Å²) in [5.74, 6) is 0.0222. The average molecular weight is 460 g/mol. The zero-order valence-electron chi connectivity index (χ0n) is 16.0. The van der Waals surface area contributed by atoms with Gasteiger partial charge < -0.3 is 10.1 Å². The first-order valence-corrected chi connectivity index (χ1v) is 9.92. The van der Waals surface area contributed by atoms with Gasteiger partial charge in [-0.2, -0.15) is 10.2 Å². The Balaban J connectivity index is 1.37. The van der Waals surface area contributed by atoms with Crippen LogP contribution in [0.4, 0.5) is 10.2 Å². The molecule has 0 saturated carbocycles. The zero-order valence-corrected chi connectivity index (χ0v) is 17.5. The maximum absolute atomic E-state index is 13.0. The van der Waals surface area contributed by atoms with Crippen LogP contribution in [-0.2, 0) is 13.3 Å². The number of nitrogens with one attached hydrogen (secondary N) is 1. The van der Waals surface area contributed by atoms with E-state index in [-0.39, 0.29) is 29.1 Å². The first-order valence-electron chi connectivity index (χ1n) is 9.17. The molecule has 0 aliphatic heterocycles.